The van der Waals surface area contributed by atoms with Crippen molar-refractivity contribution in [1.82, 2.24) is 9.80 Å². The second kappa shape index (κ2) is 11.2. The van der Waals surface area contributed by atoms with E-state index >= 15 is 0 Å². The minimum atomic E-state index is -0.0575. The van der Waals surface area contributed by atoms with Gasteiger partial charge in [0.15, 0.2) is 0 Å². The fourth-order valence-electron chi connectivity index (χ4n) is 3.17. The van der Waals surface area contributed by atoms with E-state index in [4.69, 9.17) is 10.2 Å². The van der Waals surface area contributed by atoms with Crippen LogP contribution in [-0.4, -0.2) is 54.3 Å². The van der Waals surface area contributed by atoms with Gasteiger partial charge in [-0.3, -0.25) is 14.5 Å². The molecule has 29 heavy (non-hydrogen) atoms. The highest BCUT2D eigenvalue weighted by Crippen LogP contribution is 2.18. The van der Waals surface area contributed by atoms with Crippen molar-refractivity contribution in [2.24, 2.45) is 5.73 Å². The van der Waals surface area contributed by atoms with E-state index in [1.807, 2.05) is 32.0 Å². The Balaban J connectivity index is 0.00000210. The standard InChI is InChI=1S/C20H26N4O3.2ClH/c1-14-4-3-5-18(15(14)2)22-19(25)12-23-6-8-24(9-7-23)20(26)16-10-17(11-21)27-13-16;;/h3-5,10,13H,6-9,11-12,21H2,1-2H3,(H,22,25);2*1H. The van der Waals surface area contributed by atoms with E-state index in [9.17, 15) is 9.59 Å². The maximum Gasteiger partial charge on any atom is 0.257 e. The van der Waals surface area contributed by atoms with Crippen molar-refractivity contribution in [3.05, 3.63) is 53.0 Å². The van der Waals surface area contributed by atoms with Crippen molar-refractivity contribution in [3.63, 3.8) is 0 Å². The molecule has 1 aliphatic rings. The zero-order chi connectivity index (χ0) is 19.4. The third-order valence-electron chi connectivity index (χ3n) is 5.01. The summed E-state index contributed by atoms with van der Waals surface area (Å²) in [7, 11) is 0. The van der Waals surface area contributed by atoms with Gasteiger partial charge in [0.25, 0.3) is 5.91 Å². The molecule has 2 heterocycles. The van der Waals surface area contributed by atoms with Gasteiger partial charge in [-0.15, -0.1) is 24.8 Å². The number of piperazine rings is 1. The maximum atomic E-state index is 12.5. The van der Waals surface area contributed by atoms with Crippen LogP contribution in [0.3, 0.4) is 0 Å². The predicted molar refractivity (Wildman–Crippen MR) is 118 cm³/mol. The maximum absolute atomic E-state index is 12.5. The number of nitrogens with one attached hydrogen (secondary N) is 1. The summed E-state index contributed by atoms with van der Waals surface area (Å²) in [5.41, 5.74) is 9.12. The lowest BCUT2D eigenvalue weighted by Crippen LogP contribution is -2.50. The molecule has 0 aliphatic carbocycles. The van der Waals surface area contributed by atoms with Crippen LogP contribution in [-0.2, 0) is 11.3 Å². The van der Waals surface area contributed by atoms with Crippen LogP contribution in [0.2, 0.25) is 0 Å². The summed E-state index contributed by atoms with van der Waals surface area (Å²) >= 11 is 0. The van der Waals surface area contributed by atoms with Crippen molar-refractivity contribution >= 4 is 42.3 Å². The van der Waals surface area contributed by atoms with Crippen LogP contribution in [0.15, 0.2) is 34.9 Å². The summed E-state index contributed by atoms with van der Waals surface area (Å²) in [6.07, 6.45) is 1.45. The van der Waals surface area contributed by atoms with E-state index in [-0.39, 0.29) is 43.2 Å². The molecule has 2 aromatic rings. The van der Waals surface area contributed by atoms with E-state index < -0.39 is 0 Å². The number of nitrogens with zero attached hydrogens (tertiary/aromatic N) is 2. The van der Waals surface area contributed by atoms with Crippen LogP contribution in [0.1, 0.15) is 27.2 Å². The van der Waals surface area contributed by atoms with Crippen molar-refractivity contribution in [3.8, 4) is 0 Å². The number of benzene rings is 1. The minimum Gasteiger partial charge on any atom is -0.467 e. The highest BCUT2D eigenvalue weighted by Gasteiger charge is 2.24. The van der Waals surface area contributed by atoms with Crippen LogP contribution in [0, 0.1) is 13.8 Å². The molecular formula is C20H28Cl2N4O3. The number of carbonyl (C=O) groups is 2. The molecule has 9 heteroatoms. The number of rotatable bonds is 5. The average Bonchev–Trinajstić information content (AvgIpc) is 3.15. The number of furan rings is 1. The van der Waals surface area contributed by atoms with Gasteiger partial charge in [0.05, 0.1) is 18.7 Å². The molecule has 1 aliphatic heterocycles. The predicted octanol–water partition coefficient (Wildman–Crippen LogP) is 2.60. The third-order valence-corrected chi connectivity index (χ3v) is 5.01. The molecule has 1 aromatic heterocycles. The largest absolute Gasteiger partial charge is 0.467 e. The molecular weight excluding hydrogens is 415 g/mol. The molecule has 160 valence electrons. The monoisotopic (exact) mass is 442 g/mol. The molecule has 2 amide bonds. The summed E-state index contributed by atoms with van der Waals surface area (Å²) < 4.78 is 5.24. The van der Waals surface area contributed by atoms with E-state index in [1.54, 1.807) is 11.0 Å². The van der Waals surface area contributed by atoms with E-state index in [0.29, 0.717) is 44.0 Å². The number of carbonyl (C=O) groups excluding carboxylic acids is 2. The first-order valence-corrected chi connectivity index (χ1v) is 9.13. The van der Waals surface area contributed by atoms with Gasteiger partial charge < -0.3 is 20.4 Å². The molecule has 0 spiro atoms. The van der Waals surface area contributed by atoms with Gasteiger partial charge >= 0.3 is 0 Å². The molecule has 3 N–H and O–H groups in total. The Hall–Kier alpha value is -2.06. The summed E-state index contributed by atoms with van der Waals surface area (Å²) in [6, 6.07) is 7.57. The van der Waals surface area contributed by atoms with E-state index in [0.717, 1.165) is 16.8 Å². The van der Waals surface area contributed by atoms with Crippen molar-refractivity contribution in [2.45, 2.75) is 20.4 Å². The van der Waals surface area contributed by atoms with Crippen LogP contribution in [0.25, 0.3) is 0 Å². The minimum absolute atomic E-state index is 0. The first-order valence-electron chi connectivity index (χ1n) is 9.13. The van der Waals surface area contributed by atoms with Gasteiger partial charge in [-0.05, 0) is 37.1 Å². The quantitative estimate of drug-likeness (QED) is 0.742. The highest BCUT2D eigenvalue weighted by atomic mass is 35.5. The van der Waals surface area contributed by atoms with Gasteiger partial charge in [-0.2, -0.15) is 0 Å². The zero-order valence-corrected chi connectivity index (χ0v) is 18.3. The first kappa shape index (κ1) is 25.0. The molecule has 3 rings (SSSR count). The number of hydrogen-bond donors (Lipinski definition) is 2. The zero-order valence-electron chi connectivity index (χ0n) is 16.6. The summed E-state index contributed by atoms with van der Waals surface area (Å²) in [5, 5.41) is 2.98. The molecule has 0 atom stereocenters. The second-order valence-corrected chi connectivity index (χ2v) is 6.87. The van der Waals surface area contributed by atoms with E-state index in [2.05, 4.69) is 10.2 Å². The third kappa shape index (κ3) is 6.21. The summed E-state index contributed by atoms with van der Waals surface area (Å²) in [4.78, 5) is 28.7. The lowest BCUT2D eigenvalue weighted by molar-refractivity contribution is -0.117. The molecule has 7 nitrogen and oxygen atoms in total. The van der Waals surface area contributed by atoms with Crippen LogP contribution in [0.4, 0.5) is 5.69 Å². The molecule has 0 unspecified atom stereocenters. The Bertz CT molecular complexity index is 833. The number of aryl methyl sites for hydroxylation is 1. The van der Waals surface area contributed by atoms with Gasteiger partial charge in [-0.1, -0.05) is 12.1 Å². The van der Waals surface area contributed by atoms with E-state index in [1.165, 1.54) is 6.26 Å². The number of halogens is 2. The van der Waals surface area contributed by atoms with Crippen molar-refractivity contribution in [2.75, 3.05) is 38.0 Å². The number of anilines is 1. The SMILES string of the molecule is Cc1cccc(NC(=O)CN2CCN(C(=O)c3coc(CN)c3)CC2)c1C.Cl.Cl. The highest BCUT2D eigenvalue weighted by molar-refractivity contribution is 5.94. The van der Waals surface area contributed by atoms with Gasteiger partial charge in [-0.25, -0.2) is 0 Å². The Labute approximate surface area is 183 Å². The Kier molecular flexibility index (Phi) is 9.65. The number of hydrogen-bond acceptors (Lipinski definition) is 5. The fourth-order valence-corrected chi connectivity index (χ4v) is 3.17. The smallest absolute Gasteiger partial charge is 0.257 e. The lowest BCUT2D eigenvalue weighted by Gasteiger charge is -2.34. The van der Waals surface area contributed by atoms with Gasteiger partial charge in [0.1, 0.15) is 12.0 Å². The number of nitrogens with two attached hydrogens (primary N) is 1. The molecule has 1 aromatic carbocycles. The van der Waals surface area contributed by atoms with Gasteiger partial charge in [0, 0.05) is 31.9 Å². The van der Waals surface area contributed by atoms with Gasteiger partial charge in [0.2, 0.25) is 5.91 Å². The normalized spacial score (nSPS) is 14.0. The summed E-state index contributed by atoms with van der Waals surface area (Å²) in [6.45, 7) is 7.10. The topological polar surface area (TPSA) is 91.8 Å². The molecule has 0 saturated carbocycles. The lowest BCUT2D eigenvalue weighted by atomic mass is 10.1. The number of amides is 2. The Morgan fingerprint density at radius 1 is 1.14 bits per heavy atom. The Morgan fingerprint density at radius 2 is 1.83 bits per heavy atom. The fraction of sp³-hybridized carbons (Fsp3) is 0.400. The second-order valence-electron chi connectivity index (χ2n) is 6.87. The van der Waals surface area contributed by atoms with Crippen LogP contribution >= 0.6 is 24.8 Å². The van der Waals surface area contributed by atoms with Crippen LogP contribution in [0.5, 0.6) is 0 Å². The molecule has 0 bridgehead atoms. The molecule has 1 fully saturated rings. The first-order chi connectivity index (χ1) is 13.0. The average molecular weight is 443 g/mol. The Morgan fingerprint density at radius 3 is 2.45 bits per heavy atom. The molecule has 1 saturated heterocycles. The van der Waals surface area contributed by atoms with Crippen LogP contribution < -0.4 is 11.1 Å². The van der Waals surface area contributed by atoms with Crippen molar-refractivity contribution in [1.29, 1.82) is 0 Å². The summed E-state index contributed by atoms with van der Waals surface area (Å²) in [5.74, 6) is 0.504. The van der Waals surface area contributed by atoms with Crippen molar-refractivity contribution < 1.29 is 14.0 Å². The molecule has 0 radical (unpaired) electrons.